The molecule has 2 rings (SSSR count). The molecule has 2 unspecified atom stereocenters. The summed E-state index contributed by atoms with van der Waals surface area (Å²) in [6, 6.07) is 6.83. The van der Waals surface area contributed by atoms with E-state index in [-0.39, 0.29) is 19.6 Å². The summed E-state index contributed by atoms with van der Waals surface area (Å²) in [6.07, 6.45) is -3.87. The van der Waals surface area contributed by atoms with Gasteiger partial charge in [0.05, 0.1) is 6.10 Å². The lowest BCUT2D eigenvalue weighted by Gasteiger charge is -2.38. The largest absolute Gasteiger partial charge is 0.411 e. The van der Waals surface area contributed by atoms with E-state index in [1.165, 1.54) is 4.90 Å². The molecule has 1 saturated heterocycles. The number of hydrogen-bond acceptors (Lipinski definition) is 3. The predicted octanol–water partition coefficient (Wildman–Crippen LogP) is 2.99. The molecule has 0 spiro atoms. The van der Waals surface area contributed by atoms with Crippen LogP contribution < -0.4 is 4.90 Å². The number of halogens is 3. The number of benzene rings is 1. The third kappa shape index (κ3) is 4.11. The van der Waals surface area contributed by atoms with Crippen molar-refractivity contribution in [3.05, 3.63) is 30.3 Å². The SMILES string of the molecule is OCCCN(c1ccccc1)C(C1CCCO1)C(F)(F)F. The molecular formula is C15H20F3NO2. The molecule has 118 valence electrons. The predicted molar refractivity (Wildman–Crippen MR) is 74.3 cm³/mol. The van der Waals surface area contributed by atoms with Gasteiger partial charge in [-0.15, -0.1) is 0 Å². The number of aliphatic hydroxyl groups is 1. The fraction of sp³-hybridized carbons (Fsp3) is 0.600. The van der Waals surface area contributed by atoms with Crippen molar-refractivity contribution in [2.45, 2.75) is 37.6 Å². The second-order valence-corrected chi connectivity index (χ2v) is 5.14. The van der Waals surface area contributed by atoms with Crippen molar-refractivity contribution in [2.75, 3.05) is 24.7 Å². The fourth-order valence-electron chi connectivity index (χ4n) is 2.73. The molecule has 0 amide bonds. The van der Waals surface area contributed by atoms with Crippen LogP contribution in [0, 0.1) is 0 Å². The molecule has 0 saturated carbocycles. The number of rotatable bonds is 6. The highest BCUT2D eigenvalue weighted by Gasteiger charge is 2.49. The van der Waals surface area contributed by atoms with Crippen LogP contribution in [0.2, 0.25) is 0 Å². The van der Waals surface area contributed by atoms with Crippen molar-refractivity contribution < 1.29 is 23.0 Å². The minimum Gasteiger partial charge on any atom is -0.396 e. The Morgan fingerprint density at radius 3 is 2.52 bits per heavy atom. The van der Waals surface area contributed by atoms with Gasteiger partial charge in [-0.2, -0.15) is 13.2 Å². The van der Waals surface area contributed by atoms with Gasteiger partial charge in [-0.05, 0) is 31.4 Å². The highest BCUT2D eigenvalue weighted by atomic mass is 19.4. The van der Waals surface area contributed by atoms with Crippen molar-refractivity contribution in [3.63, 3.8) is 0 Å². The van der Waals surface area contributed by atoms with Crippen LogP contribution in [-0.2, 0) is 4.74 Å². The molecule has 1 aliphatic rings. The average Bonchev–Trinajstić information content (AvgIpc) is 2.96. The molecule has 0 aromatic heterocycles. The van der Waals surface area contributed by atoms with Crippen molar-refractivity contribution in [1.82, 2.24) is 0 Å². The molecule has 21 heavy (non-hydrogen) atoms. The van der Waals surface area contributed by atoms with Crippen molar-refractivity contribution in [2.24, 2.45) is 0 Å². The van der Waals surface area contributed by atoms with Gasteiger partial charge in [0.25, 0.3) is 0 Å². The molecule has 1 N–H and O–H groups in total. The van der Waals surface area contributed by atoms with Crippen molar-refractivity contribution in [1.29, 1.82) is 0 Å². The van der Waals surface area contributed by atoms with Gasteiger partial charge in [-0.3, -0.25) is 0 Å². The van der Waals surface area contributed by atoms with Crippen LogP contribution in [0.1, 0.15) is 19.3 Å². The Labute approximate surface area is 122 Å². The summed E-state index contributed by atoms with van der Waals surface area (Å²) in [6.45, 7) is 0.379. The third-order valence-corrected chi connectivity index (χ3v) is 3.63. The third-order valence-electron chi connectivity index (χ3n) is 3.63. The Balaban J connectivity index is 2.30. The second kappa shape index (κ2) is 7.13. The van der Waals surface area contributed by atoms with Gasteiger partial charge in [-0.1, -0.05) is 18.2 Å². The van der Waals surface area contributed by atoms with Gasteiger partial charge in [0.15, 0.2) is 6.04 Å². The van der Waals surface area contributed by atoms with Crippen LogP contribution in [0.15, 0.2) is 30.3 Å². The lowest BCUT2D eigenvalue weighted by Crippen LogP contribution is -2.53. The summed E-state index contributed by atoms with van der Waals surface area (Å²) in [5.41, 5.74) is 0.503. The zero-order valence-electron chi connectivity index (χ0n) is 11.7. The Morgan fingerprint density at radius 1 is 1.29 bits per heavy atom. The quantitative estimate of drug-likeness (QED) is 0.877. The van der Waals surface area contributed by atoms with E-state index in [9.17, 15) is 13.2 Å². The van der Waals surface area contributed by atoms with E-state index < -0.39 is 18.3 Å². The van der Waals surface area contributed by atoms with E-state index in [0.717, 1.165) is 0 Å². The molecule has 1 fully saturated rings. The maximum atomic E-state index is 13.6. The topological polar surface area (TPSA) is 32.7 Å². The molecule has 0 radical (unpaired) electrons. The second-order valence-electron chi connectivity index (χ2n) is 5.14. The minimum atomic E-state index is -4.37. The average molecular weight is 303 g/mol. The van der Waals surface area contributed by atoms with E-state index in [4.69, 9.17) is 9.84 Å². The molecule has 1 aliphatic heterocycles. The molecule has 1 aromatic carbocycles. The molecule has 2 atom stereocenters. The van der Waals surface area contributed by atoms with Crippen LogP contribution in [-0.4, -0.2) is 43.2 Å². The number of nitrogens with zero attached hydrogens (tertiary/aromatic N) is 1. The summed E-state index contributed by atoms with van der Waals surface area (Å²) in [7, 11) is 0. The summed E-state index contributed by atoms with van der Waals surface area (Å²) in [5, 5.41) is 8.97. The zero-order chi connectivity index (χ0) is 15.3. The molecule has 0 bridgehead atoms. The molecule has 0 aliphatic carbocycles. The highest BCUT2D eigenvalue weighted by Crippen LogP contribution is 2.35. The molecule has 3 nitrogen and oxygen atoms in total. The van der Waals surface area contributed by atoms with Crippen LogP contribution in [0.4, 0.5) is 18.9 Å². The Bertz CT molecular complexity index is 419. The maximum absolute atomic E-state index is 13.6. The smallest absolute Gasteiger partial charge is 0.396 e. The fourth-order valence-corrected chi connectivity index (χ4v) is 2.73. The Hall–Kier alpha value is -1.27. The summed E-state index contributed by atoms with van der Waals surface area (Å²) in [4.78, 5) is 1.31. The Kier molecular flexibility index (Phi) is 5.47. The summed E-state index contributed by atoms with van der Waals surface area (Å²) in [5.74, 6) is 0. The van der Waals surface area contributed by atoms with Gasteiger partial charge in [-0.25, -0.2) is 0 Å². The first-order chi connectivity index (χ1) is 10.0. The van der Waals surface area contributed by atoms with Crippen LogP contribution in [0.25, 0.3) is 0 Å². The highest BCUT2D eigenvalue weighted by molar-refractivity contribution is 5.48. The number of aliphatic hydroxyl groups excluding tert-OH is 1. The number of para-hydroxylation sites is 1. The zero-order valence-corrected chi connectivity index (χ0v) is 11.7. The Morgan fingerprint density at radius 2 is 2.00 bits per heavy atom. The molecular weight excluding hydrogens is 283 g/mol. The molecule has 1 aromatic rings. The number of alkyl halides is 3. The maximum Gasteiger partial charge on any atom is 0.411 e. The van der Waals surface area contributed by atoms with E-state index >= 15 is 0 Å². The van der Waals surface area contributed by atoms with E-state index in [2.05, 4.69) is 0 Å². The van der Waals surface area contributed by atoms with Gasteiger partial charge in [0, 0.05) is 25.4 Å². The van der Waals surface area contributed by atoms with Crippen LogP contribution in [0.5, 0.6) is 0 Å². The molecule has 1 heterocycles. The first-order valence-corrected chi connectivity index (χ1v) is 7.15. The first-order valence-electron chi connectivity index (χ1n) is 7.15. The van der Waals surface area contributed by atoms with Gasteiger partial charge < -0.3 is 14.7 Å². The van der Waals surface area contributed by atoms with E-state index in [0.29, 0.717) is 25.1 Å². The van der Waals surface area contributed by atoms with Crippen LogP contribution >= 0.6 is 0 Å². The monoisotopic (exact) mass is 303 g/mol. The van der Waals surface area contributed by atoms with Gasteiger partial charge >= 0.3 is 6.18 Å². The normalized spacial score (nSPS) is 20.5. The van der Waals surface area contributed by atoms with Gasteiger partial charge in [0.2, 0.25) is 0 Å². The van der Waals surface area contributed by atoms with E-state index in [1.807, 2.05) is 0 Å². The number of anilines is 1. The lowest BCUT2D eigenvalue weighted by molar-refractivity contribution is -0.171. The summed E-state index contributed by atoms with van der Waals surface area (Å²) >= 11 is 0. The van der Waals surface area contributed by atoms with E-state index in [1.54, 1.807) is 30.3 Å². The van der Waals surface area contributed by atoms with Crippen molar-refractivity contribution in [3.8, 4) is 0 Å². The first kappa shape index (κ1) is 16.1. The standard InChI is InChI=1S/C15H20F3NO2/c16-15(17,18)14(13-8-4-11-21-13)19(9-5-10-20)12-6-2-1-3-7-12/h1-3,6-7,13-14,20H,4-5,8-11H2. The molecule has 6 heteroatoms. The number of ether oxygens (including phenoxy) is 1. The summed E-state index contributed by atoms with van der Waals surface area (Å²) < 4.78 is 46.0. The van der Waals surface area contributed by atoms with Crippen LogP contribution in [0.3, 0.4) is 0 Å². The number of hydrogen-bond donors (Lipinski definition) is 1. The minimum absolute atomic E-state index is 0.139. The van der Waals surface area contributed by atoms with Gasteiger partial charge in [0.1, 0.15) is 0 Å². The van der Waals surface area contributed by atoms with Crippen molar-refractivity contribution >= 4 is 5.69 Å². The lowest BCUT2D eigenvalue weighted by atomic mass is 10.0.